The molecule has 1 aliphatic rings. The fourth-order valence-electron chi connectivity index (χ4n) is 3.14. The molecule has 0 fully saturated rings. The van der Waals surface area contributed by atoms with Crippen molar-refractivity contribution in [2.75, 3.05) is 22.1 Å². The highest BCUT2D eigenvalue weighted by Crippen LogP contribution is 2.35. The number of amides is 2. The van der Waals surface area contributed by atoms with E-state index in [1.165, 1.54) is 0 Å². The minimum atomic E-state index is -0.165. The predicted molar refractivity (Wildman–Crippen MR) is 107 cm³/mol. The van der Waals surface area contributed by atoms with Gasteiger partial charge in [0.05, 0.1) is 24.0 Å². The molecule has 1 heterocycles. The summed E-state index contributed by atoms with van der Waals surface area (Å²) in [4.78, 5) is 14.7. The van der Waals surface area contributed by atoms with Gasteiger partial charge in [0.1, 0.15) is 0 Å². The second-order valence-corrected chi connectivity index (χ2v) is 6.61. The number of benzene rings is 3. The van der Waals surface area contributed by atoms with Crippen LogP contribution in [0.3, 0.4) is 0 Å². The van der Waals surface area contributed by atoms with Crippen LogP contribution in [0, 0.1) is 0 Å². The molecular weight excluding hydrogens is 346 g/mol. The van der Waals surface area contributed by atoms with Crippen LogP contribution in [-0.2, 0) is 0 Å². The molecule has 0 saturated heterocycles. The molecule has 1 aliphatic heterocycles. The molecule has 0 aromatic heterocycles. The molecule has 2 N–H and O–H groups in total. The summed E-state index contributed by atoms with van der Waals surface area (Å²) in [6.07, 6.45) is 0. The Balaban J connectivity index is 1.62. The molecule has 4 rings (SSSR count). The Morgan fingerprint density at radius 3 is 2.42 bits per heavy atom. The highest BCUT2D eigenvalue weighted by molar-refractivity contribution is 6.30. The van der Waals surface area contributed by atoms with Crippen molar-refractivity contribution in [2.45, 2.75) is 6.04 Å². The summed E-state index contributed by atoms with van der Waals surface area (Å²) < 4.78 is 0. The van der Waals surface area contributed by atoms with Gasteiger partial charge in [-0.15, -0.1) is 0 Å². The van der Waals surface area contributed by atoms with Gasteiger partial charge in [0.15, 0.2) is 0 Å². The number of carbonyl (C=O) groups excluding carboxylic acids is 1. The molecule has 2 amide bonds. The molecule has 5 heteroatoms. The maximum absolute atomic E-state index is 12.9. The molecule has 0 aliphatic carbocycles. The highest BCUT2D eigenvalue weighted by atomic mass is 35.5. The van der Waals surface area contributed by atoms with E-state index in [-0.39, 0.29) is 12.1 Å². The molecule has 0 bridgehead atoms. The van der Waals surface area contributed by atoms with Crippen LogP contribution in [0.2, 0.25) is 5.02 Å². The fraction of sp³-hybridized carbons (Fsp3) is 0.0952. The fourth-order valence-corrected chi connectivity index (χ4v) is 3.26. The maximum Gasteiger partial charge on any atom is 0.326 e. The van der Waals surface area contributed by atoms with Crippen LogP contribution in [0.1, 0.15) is 11.6 Å². The molecule has 0 saturated carbocycles. The van der Waals surface area contributed by atoms with Crippen molar-refractivity contribution in [1.29, 1.82) is 0 Å². The summed E-state index contributed by atoms with van der Waals surface area (Å²) in [6, 6.07) is 25.0. The third kappa shape index (κ3) is 3.37. The number of halogens is 1. The van der Waals surface area contributed by atoms with Gasteiger partial charge in [0.25, 0.3) is 0 Å². The van der Waals surface area contributed by atoms with Gasteiger partial charge < -0.3 is 10.6 Å². The van der Waals surface area contributed by atoms with Gasteiger partial charge in [-0.1, -0.05) is 54.1 Å². The van der Waals surface area contributed by atoms with Gasteiger partial charge in [0.2, 0.25) is 0 Å². The number of fused-ring (bicyclic) bond motifs is 1. The zero-order valence-electron chi connectivity index (χ0n) is 14.0. The second-order valence-electron chi connectivity index (χ2n) is 6.17. The smallest absolute Gasteiger partial charge is 0.326 e. The van der Waals surface area contributed by atoms with E-state index in [0.29, 0.717) is 17.3 Å². The van der Waals surface area contributed by atoms with E-state index in [4.69, 9.17) is 11.6 Å². The van der Waals surface area contributed by atoms with Gasteiger partial charge in [-0.25, -0.2) is 4.79 Å². The number of nitrogens with one attached hydrogen (secondary N) is 2. The SMILES string of the molecule is O=C(Nc1ccc(Cl)cc1)N1CC(c2ccccc2)Nc2ccccc21. The van der Waals surface area contributed by atoms with Crippen LogP contribution in [0.15, 0.2) is 78.9 Å². The summed E-state index contributed by atoms with van der Waals surface area (Å²) in [5, 5.41) is 7.12. The standard InChI is InChI=1S/C21H18ClN3O/c22-16-10-12-17(13-11-16)23-21(26)25-14-19(15-6-2-1-3-7-15)24-18-8-4-5-9-20(18)25/h1-13,19,24H,14H2,(H,23,26). The van der Waals surface area contributed by atoms with E-state index in [2.05, 4.69) is 22.8 Å². The highest BCUT2D eigenvalue weighted by Gasteiger charge is 2.28. The first-order valence-corrected chi connectivity index (χ1v) is 8.83. The van der Waals surface area contributed by atoms with E-state index in [1.54, 1.807) is 29.2 Å². The predicted octanol–water partition coefficient (Wildman–Crippen LogP) is 5.55. The first-order chi connectivity index (χ1) is 12.7. The topological polar surface area (TPSA) is 44.4 Å². The van der Waals surface area contributed by atoms with Crippen molar-refractivity contribution in [3.63, 3.8) is 0 Å². The van der Waals surface area contributed by atoms with Gasteiger partial charge >= 0.3 is 6.03 Å². The Labute approximate surface area is 157 Å². The van der Waals surface area contributed by atoms with Gasteiger partial charge in [0, 0.05) is 10.7 Å². The normalized spacial score (nSPS) is 15.7. The minimum absolute atomic E-state index is 0.0297. The number of hydrogen-bond acceptors (Lipinski definition) is 2. The number of para-hydroxylation sites is 2. The first-order valence-electron chi connectivity index (χ1n) is 8.45. The van der Waals surface area contributed by atoms with Crippen molar-refractivity contribution in [1.82, 2.24) is 0 Å². The quantitative estimate of drug-likeness (QED) is 0.627. The lowest BCUT2D eigenvalue weighted by molar-refractivity contribution is 0.256. The van der Waals surface area contributed by atoms with E-state index >= 15 is 0 Å². The number of urea groups is 1. The summed E-state index contributed by atoms with van der Waals surface area (Å²) in [7, 11) is 0. The monoisotopic (exact) mass is 363 g/mol. The van der Waals surface area contributed by atoms with Crippen LogP contribution in [0.4, 0.5) is 21.9 Å². The zero-order valence-corrected chi connectivity index (χ0v) is 14.8. The number of hydrogen-bond donors (Lipinski definition) is 2. The summed E-state index contributed by atoms with van der Waals surface area (Å²) >= 11 is 5.92. The van der Waals surface area contributed by atoms with Gasteiger partial charge in [-0.2, -0.15) is 0 Å². The van der Waals surface area contributed by atoms with E-state index < -0.39 is 0 Å². The van der Waals surface area contributed by atoms with Crippen LogP contribution in [0.25, 0.3) is 0 Å². The summed E-state index contributed by atoms with van der Waals surface area (Å²) in [6.45, 7) is 0.542. The van der Waals surface area contributed by atoms with Crippen LogP contribution < -0.4 is 15.5 Å². The lowest BCUT2D eigenvalue weighted by Crippen LogP contribution is -2.43. The Morgan fingerprint density at radius 1 is 0.962 bits per heavy atom. The molecular formula is C21H18ClN3O. The average Bonchev–Trinajstić information content (AvgIpc) is 2.69. The molecule has 1 unspecified atom stereocenters. The van der Waals surface area contributed by atoms with Crippen molar-refractivity contribution in [3.05, 3.63) is 89.4 Å². The van der Waals surface area contributed by atoms with E-state index in [9.17, 15) is 4.79 Å². The number of nitrogens with zero attached hydrogens (tertiary/aromatic N) is 1. The Kier molecular flexibility index (Phi) is 4.50. The summed E-state index contributed by atoms with van der Waals surface area (Å²) in [5.41, 5.74) is 3.67. The molecule has 3 aromatic rings. The number of anilines is 3. The van der Waals surface area contributed by atoms with E-state index in [1.807, 2.05) is 42.5 Å². The largest absolute Gasteiger partial charge is 0.375 e. The van der Waals surface area contributed by atoms with Crippen LogP contribution in [0.5, 0.6) is 0 Å². The first kappa shape index (κ1) is 16.5. The van der Waals surface area contributed by atoms with Crippen LogP contribution >= 0.6 is 11.6 Å². The Morgan fingerprint density at radius 2 is 1.65 bits per heavy atom. The van der Waals surface area contributed by atoms with Crippen molar-refractivity contribution in [2.24, 2.45) is 0 Å². The molecule has 26 heavy (non-hydrogen) atoms. The maximum atomic E-state index is 12.9. The van der Waals surface area contributed by atoms with Crippen molar-refractivity contribution >= 4 is 34.7 Å². The van der Waals surface area contributed by atoms with Crippen molar-refractivity contribution in [3.8, 4) is 0 Å². The zero-order chi connectivity index (χ0) is 17.9. The number of rotatable bonds is 2. The lowest BCUT2D eigenvalue weighted by Gasteiger charge is -2.36. The second kappa shape index (κ2) is 7.10. The molecule has 0 radical (unpaired) electrons. The van der Waals surface area contributed by atoms with Gasteiger partial charge in [-0.05, 0) is 42.0 Å². The molecule has 0 spiro atoms. The molecule has 4 nitrogen and oxygen atoms in total. The molecule has 130 valence electrons. The Hall–Kier alpha value is -2.98. The minimum Gasteiger partial charge on any atom is -0.375 e. The molecule has 3 aromatic carbocycles. The molecule has 1 atom stereocenters. The summed E-state index contributed by atoms with van der Waals surface area (Å²) in [5.74, 6) is 0. The van der Waals surface area contributed by atoms with E-state index in [0.717, 1.165) is 16.9 Å². The third-order valence-corrected chi connectivity index (χ3v) is 4.68. The lowest BCUT2D eigenvalue weighted by atomic mass is 10.0. The third-order valence-electron chi connectivity index (χ3n) is 4.43. The number of carbonyl (C=O) groups is 1. The van der Waals surface area contributed by atoms with Gasteiger partial charge in [-0.3, -0.25) is 4.90 Å². The van der Waals surface area contributed by atoms with Crippen molar-refractivity contribution < 1.29 is 4.79 Å². The average molecular weight is 364 g/mol. The van der Waals surface area contributed by atoms with Crippen LogP contribution in [-0.4, -0.2) is 12.6 Å². The Bertz CT molecular complexity index is 912.